The highest BCUT2D eigenvalue weighted by molar-refractivity contribution is 4.81. The van der Waals surface area contributed by atoms with Gasteiger partial charge in [-0.3, -0.25) is 4.90 Å². The van der Waals surface area contributed by atoms with E-state index < -0.39 is 0 Å². The molecule has 102 valence electrons. The van der Waals surface area contributed by atoms with Crippen molar-refractivity contribution in [3.63, 3.8) is 0 Å². The zero-order valence-electron chi connectivity index (χ0n) is 12.0. The molecule has 0 amide bonds. The van der Waals surface area contributed by atoms with Crippen LogP contribution in [0.5, 0.6) is 0 Å². The van der Waals surface area contributed by atoms with Gasteiger partial charge in [-0.25, -0.2) is 0 Å². The van der Waals surface area contributed by atoms with Crippen LogP contribution in [0.3, 0.4) is 0 Å². The van der Waals surface area contributed by atoms with Gasteiger partial charge < -0.3 is 10.1 Å². The molecule has 1 saturated heterocycles. The van der Waals surface area contributed by atoms with E-state index in [-0.39, 0.29) is 0 Å². The van der Waals surface area contributed by atoms with Crippen LogP contribution >= 0.6 is 0 Å². The van der Waals surface area contributed by atoms with Gasteiger partial charge in [-0.1, -0.05) is 20.8 Å². The number of nitrogens with zero attached hydrogens (tertiary/aromatic N) is 1. The van der Waals surface area contributed by atoms with Crippen LogP contribution in [0.15, 0.2) is 0 Å². The molecule has 0 aliphatic carbocycles. The van der Waals surface area contributed by atoms with Crippen molar-refractivity contribution in [2.24, 2.45) is 0 Å². The molecule has 0 saturated carbocycles. The van der Waals surface area contributed by atoms with E-state index in [1.807, 2.05) is 0 Å². The molecule has 0 bridgehead atoms. The van der Waals surface area contributed by atoms with Crippen molar-refractivity contribution in [1.29, 1.82) is 0 Å². The molecule has 1 N–H and O–H groups in total. The van der Waals surface area contributed by atoms with Gasteiger partial charge in [0.15, 0.2) is 0 Å². The molecule has 3 nitrogen and oxygen atoms in total. The maximum Gasteiger partial charge on any atom is 0.0622 e. The molecule has 0 radical (unpaired) electrons. The second-order valence-electron chi connectivity index (χ2n) is 5.15. The van der Waals surface area contributed by atoms with Crippen molar-refractivity contribution >= 4 is 0 Å². The third kappa shape index (κ3) is 4.57. The van der Waals surface area contributed by atoms with Crippen LogP contribution in [0.1, 0.15) is 47.0 Å². The van der Waals surface area contributed by atoms with Crippen molar-refractivity contribution in [3.05, 3.63) is 0 Å². The second-order valence-corrected chi connectivity index (χ2v) is 5.15. The zero-order chi connectivity index (χ0) is 12.7. The van der Waals surface area contributed by atoms with E-state index in [0.29, 0.717) is 18.1 Å². The summed E-state index contributed by atoms with van der Waals surface area (Å²) in [7, 11) is 0. The van der Waals surface area contributed by atoms with Gasteiger partial charge in [0.05, 0.1) is 13.2 Å². The first-order valence-electron chi connectivity index (χ1n) is 7.29. The van der Waals surface area contributed by atoms with Gasteiger partial charge in [-0.05, 0) is 26.2 Å². The number of nitrogens with one attached hydrogen (secondary N) is 1. The Labute approximate surface area is 107 Å². The Morgan fingerprint density at radius 1 is 1.29 bits per heavy atom. The average molecular weight is 242 g/mol. The van der Waals surface area contributed by atoms with Gasteiger partial charge in [-0.2, -0.15) is 0 Å². The minimum atomic E-state index is 0.613. The molecule has 17 heavy (non-hydrogen) atoms. The highest BCUT2D eigenvalue weighted by atomic mass is 16.5. The monoisotopic (exact) mass is 242 g/mol. The summed E-state index contributed by atoms with van der Waals surface area (Å²) in [6.07, 6.45) is 3.64. The summed E-state index contributed by atoms with van der Waals surface area (Å²) in [5.41, 5.74) is 0. The van der Waals surface area contributed by atoms with Crippen molar-refractivity contribution in [3.8, 4) is 0 Å². The topological polar surface area (TPSA) is 24.5 Å². The first kappa shape index (κ1) is 14.9. The number of rotatable bonds is 7. The highest BCUT2D eigenvalue weighted by Crippen LogP contribution is 2.13. The molecular weight excluding hydrogens is 212 g/mol. The molecule has 1 fully saturated rings. The largest absolute Gasteiger partial charge is 0.378 e. The highest BCUT2D eigenvalue weighted by Gasteiger charge is 2.25. The first-order chi connectivity index (χ1) is 8.22. The van der Waals surface area contributed by atoms with Crippen molar-refractivity contribution in [1.82, 2.24) is 10.2 Å². The van der Waals surface area contributed by atoms with Gasteiger partial charge in [-0.15, -0.1) is 0 Å². The lowest BCUT2D eigenvalue weighted by Gasteiger charge is -2.39. The minimum Gasteiger partial charge on any atom is -0.378 e. The Morgan fingerprint density at radius 3 is 2.59 bits per heavy atom. The quantitative estimate of drug-likeness (QED) is 0.741. The van der Waals surface area contributed by atoms with Crippen LogP contribution in [-0.2, 0) is 4.74 Å². The third-order valence-electron chi connectivity index (χ3n) is 4.00. The molecule has 3 heteroatoms. The lowest BCUT2D eigenvalue weighted by Crippen LogP contribution is -2.53. The van der Waals surface area contributed by atoms with Gasteiger partial charge >= 0.3 is 0 Å². The summed E-state index contributed by atoms with van der Waals surface area (Å²) >= 11 is 0. The maximum absolute atomic E-state index is 5.56. The predicted octanol–water partition coefficient (Wildman–Crippen LogP) is 2.26. The fourth-order valence-corrected chi connectivity index (χ4v) is 2.63. The zero-order valence-corrected chi connectivity index (χ0v) is 12.0. The molecule has 1 aliphatic rings. The molecule has 0 aromatic rings. The summed E-state index contributed by atoms with van der Waals surface area (Å²) in [5, 5.41) is 3.68. The number of hydrogen-bond acceptors (Lipinski definition) is 3. The smallest absolute Gasteiger partial charge is 0.0622 e. The second kappa shape index (κ2) is 8.06. The van der Waals surface area contributed by atoms with E-state index in [4.69, 9.17) is 4.74 Å². The molecule has 0 spiro atoms. The Balaban J connectivity index is 2.36. The molecule has 0 aromatic carbocycles. The van der Waals surface area contributed by atoms with Crippen LogP contribution in [0.4, 0.5) is 0 Å². The first-order valence-corrected chi connectivity index (χ1v) is 7.29. The summed E-state index contributed by atoms with van der Waals surface area (Å²) in [5.74, 6) is 0. The molecular formula is C14H30N2O. The summed E-state index contributed by atoms with van der Waals surface area (Å²) in [6.45, 7) is 13.1. The van der Waals surface area contributed by atoms with Crippen LogP contribution < -0.4 is 5.32 Å². The van der Waals surface area contributed by atoms with E-state index in [2.05, 4.69) is 37.9 Å². The SMILES string of the molecule is CCC(CC)NCC(C)N1CCOCC1CC. The fraction of sp³-hybridized carbons (Fsp3) is 1.00. The normalized spacial score (nSPS) is 24.2. The van der Waals surface area contributed by atoms with E-state index in [1.54, 1.807) is 0 Å². The summed E-state index contributed by atoms with van der Waals surface area (Å²) < 4.78 is 5.56. The number of hydrogen-bond donors (Lipinski definition) is 1. The van der Waals surface area contributed by atoms with Crippen molar-refractivity contribution < 1.29 is 4.74 Å². The predicted molar refractivity (Wildman–Crippen MR) is 73.4 cm³/mol. The van der Waals surface area contributed by atoms with Crippen molar-refractivity contribution in [2.75, 3.05) is 26.3 Å². The van der Waals surface area contributed by atoms with Gasteiger partial charge in [0.1, 0.15) is 0 Å². The van der Waals surface area contributed by atoms with Crippen LogP contribution in [-0.4, -0.2) is 49.3 Å². The van der Waals surface area contributed by atoms with Gasteiger partial charge in [0.2, 0.25) is 0 Å². The van der Waals surface area contributed by atoms with Gasteiger partial charge in [0.25, 0.3) is 0 Å². The van der Waals surface area contributed by atoms with E-state index in [0.717, 1.165) is 26.3 Å². The van der Waals surface area contributed by atoms with Crippen molar-refractivity contribution in [2.45, 2.75) is 65.1 Å². The summed E-state index contributed by atoms with van der Waals surface area (Å²) in [4.78, 5) is 2.61. The molecule has 2 atom stereocenters. The number of ether oxygens (including phenoxy) is 1. The standard InChI is InChI=1S/C14H30N2O/c1-5-13(6-2)15-10-12(4)16-8-9-17-11-14(16)7-3/h12-15H,5-11H2,1-4H3. The lowest BCUT2D eigenvalue weighted by molar-refractivity contribution is -0.0266. The Kier molecular flexibility index (Phi) is 7.09. The number of morpholine rings is 1. The van der Waals surface area contributed by atoms with E-state index >= 15 is 0 Å². The van der Waals surface area contributed by atoms with Crippen LogP contribution in [0.25, 0.3) is 0 Å². The lowest BCUT2D eigenvalue weighted by atomic mass is 10.1. The Morgan fingerprint density at radius 2 is 2.00 bits per heavy atom. The average Bonchev–Trinajstić information content (AvgIpc) is 2.39. The van der Waals surface area contributed by atoms with Crippen LogP contribution in [0.2, 0.25) is 0 Å². The van der Waals surface area contributed by atoms with Gasteiger partial charge in [0, 0.05) is 31.2 Å². The van der Waals surface area contributed by atoms with E-state index in [9.17, 15) is 0 Å². The minimum absolute atomic E-state index is 0.613. The molecule has 0 aromatic heterocycles. The molecule has 1 heterocycles. The maximum atomic E-state index is 5.56. The summed E-state index contributed by atoms with van der Waals surface area (Å²) in [6, 6.07) is 1.91. The fourth-order valence-electron chi connectivity index (χ4n) is 2.63. The third-order valence-corrected chi connectivity index (χ3v) is 4.00. The van der Waals surface area contributed by atoms with E-state index in [1.165, 1.54) is 19.3 Å². The molecule has 2 unspecified atom stereocenters. The Bertz CT molecular complexity index is 195. The Hall–Kier alpha value is -0.120. The molecule has 1 aliphatic heterocycles. The molecule has 1 rings (SSSR count). The van der Waals surface area contributed by atoms with Crippen LogP contribution in [0, 0.1) is 0 Å².